The first-order valence-electron chi connectivity index (χ1n) is 7.15. The molecule has 1 aliphatic rings. The number of benzene rings is 2. The molecular formula is C16H13Cl2NO4S. The summed E-state index contributed by atoms with van der Waals surface area (Å²) >= 11 is 11.8. The van der Waals surface area contributed by atoms with Crippen LogP contribution in [0.25, 0.3) is 0 Å². The van der Waals surface area contributed by atoms with Crippen LogP contribution >= 0.6 is 23.2 Å². The van der Waals surface area contributed by atoms with E-state index in [1.165, 1.54) is 11.0 Å². The fourth-order valence-electron chi connectivity index (χ4n) is 2.45. The molecule has 0 saturated heterocycles. The number of nitrogens with zero attached hydrogens (tertiary/aromatic N) is 1. The minimum absolute atomic E-state index is 0.0525. The molecule has 0 aromatic heterocycles. The van der Waals surface area contributed by atoms with Gasteiger partial charge in [0, 0.05) is 11.6 Å². The highest BCUT2D eigenvalue weighted by molar-refractivity contribution is 8.07. The molecule has 8 heteroatoms. The molecule has 0 N–H and O–H groups in total. The number of halogens is 2. The van der Waals surface area contributed by atoms with Crippen LogP contribution in [0.1, 0.15) is 6.42 Å². The molecular weight excluding hydrogens is 373 g/mol. The lowest BCUT2D eigenvalue weighted by Gasteiger charge is -2.16. The van der Waals surface area contributed by atoms with Gasteiger partial charge in [-0.05, 0) is 36.8 Å². The highest BCUT2D eigenvalue weighted by atomic mass is 35.5. The summed E-state index contributed by atoms with van der Waals surface area (Å²) in [5.74, 6) is 0.488. The summed E-state index contributed by atoms with van der Waals surface area (Å²) in [4.78, 5) is 13.4. The summed E-state index contributed by atoms with van der Waals surface area (Å²) in [7, 11) is -3.92. The third-order valence-corrected chi connectivity index (χ3v) is 5.71. The van der Waals surface area contributed by atoms with Gasteiger partial charge in [-0.3, -0.25) is 9.69 Å². The van der Waals surface area contributed by atoms with Crippen LogP contribution < -0.4 is 9.64 Å². The van der Waals surface area contributed by atoms with Gasteiger partial charge in [-0.1, -0.05) is 35.3 Å². The first-order valence-corrected chi connectivity index (χ1v) is 9.38. The van der Waals surface area contributed by atoms with E-state index in [-0.39, 0.29) is 18.0 Å². The van der Waals surface area contributed by atoms with Crippen molar-refractivity contribution in [3.05, 3.63) is 52.5 Å². The van der Waals surface area contributed by atoms with Gasteiger partial charge in [-0.2, -0.15) is 0 Å². The number of carbonyl (C=O) groups excluding carboxylic acids is 1. The molecule has 0 aliphatic carbocycles. The second-order valence-corrected chi connectivity index (χ2v) is 7.81. The highest BCUT2D eigenvalue weighted by Gasteiger charge is 2.41. The van der Waals surface area contributed by atoms with Crippen LogP contribution in [0.2, 0.25) is 10.0 Å². The van der Waals surface area contributed by atoms with Gasteiger partial charge in [-0.15, -0.1) is 0 Å². The summed E-state index contributed by atoms with van der Waals surface area (Å²) in [5, 5.41) is 0.0118. The number of rotatable bonds is 5. The maximum atomic E-state index is 12.1. The van der Waals surface area contributed by atoms with Gasteiger partial charge >= 0.3 is 5.24 Å². The predicted octanol–water partition coefficient (Wildman–Crippen LogP) is 4.18. The maximum Gasteiger partial charge on any atom is 0.348 e. The summed E-state index contributed by atoms with van der Waals surface area (Å²) in [6.07, 6.45) is 0.453. The quantitative estimate of drug-likeness (QED) is 0.724. The number of fused-ring (bicyclic) bond motifs is 1. The van der Waals surface area contributed by atoms with Crippen molar-refractivity contribution < 1.29 is 17.9 Å². The van der Waals surface area contributed by atoms with Crippen LogP contribution in [0, 0.1) is 0 Å². The maximum absolute atomic E-state index is 12.1. The second-order valence-electron chi connectivity index (χ2n) is 5.17. The smallest absolute Gasteiger partial charge is 0.348 e. The third kappa shape index (κ3) is 3.09. The van der Waals surface area contributed by atoms with E-state index in [1.54, 1.807) is 36.4 Å². The molecule has 2 aromatic rings. The van der Waals surface area contributed by atoms with E-state index < -0.39 is 15.1 Å². The average Bonchev–Trinajstić information content (AvgIpc) is 2.74. The SMILES string of the molecule is O=C1N(CCCOc2ccc(Cl)cc2Cl)c2ccccc2S1(=O)=O. The van der Waals surface area contributed by atoms with Crippen molar-refractivity contribution in [3.8, 4) is 5.75 Å². The summed E-state index contributed by atoms with van der Waals surface area (Å²) in [5.41, 5.74) is 0.409. The lowest BCUT2D eigenvalue weighted by Crippen LogP contribution is -2.30. The molecule has 1 aliphatic heterocycles. The largest absolute Gasteiger partial charge is 0.492 e. The zero-order valence-corrected chi connectivity index (χ0v) is 14.7. The van der Waals surface area contributed by atoms with Crippen molar-refractivity contribution in [2.45, 2.75) is 11.3 Å². The van der Waals surface area contributed by atoms with E-state index in [1.807, 2.05) is 0 Å². The Morgan fingerprint density at radius 2 is 1.83 bits per heavy atom. The van der Waals surface area contributed by atoms with Gasteiger partial charge in [-0.25, -0.2) is 8.42 Å². The van der Waals surface area contributed by atoms with E-state index in [9.17, 15) is 13.2 Å². The molecule has 126 valence electrons. The Balaban J connectivity index is 1.64. The summed E-state index contributed by atoms with van der Waals surface area (Å²) < 4.78 is 29.7. The first-order chi connectivity index (χ1) is 11.4. The Morgan fingerprint density at radius 1 is 1.08 bits per heavy atom. The van der Waals surface area contributed by atoms with Crippen LogP contribution in [0.4, 0.5) is 10.5 Å². The molecule has 0 saturated carbocycles. The number of amides is 1. The van der Waals surface area contributed by atoms with Crippen LogP contribution in [-0.2, 0) is 9.84 Å². The molecule has 5 nitrogen and oxygen atoms in total. The van der Waals surface area contributed by atoms with E-state index in [0.29, 0.717) is 27.9 Å². The Labute approximate surface area is 149 Å². The number of hydrogen-bond acceptors (Lipinski definition) is 4. The van der Waals surface area contributed by atoms with Crippen molar-refractivity contribution in [3.63, 3.8) is 0 Å². The van der Waals surface area contributed by atoms with Crippen molar-refractivity contribution in [1.29, 1.82) is 0 Å². The molecule has 0 unspecified atom stereocenters. The fourth-order valence-corrected chi connectivity index (χ4v) is 4.30. The highest BCUT2D eigenvalue weighted by Crippen LogP contribution is 2.35. The summed E-state index contributed by atoms with van der Waals surface area (Å²) in [6.45, 7) is 0.521. The van der Waals surface area contributed by atoms with Gasteiger partial charge in [0.2, 0.25) is 0 Å². The Kier molecular flexibility index (Phi) is 4.71. The lowest BCUT2D eigenvalue weighted by atomic mass is 10.3. The van der Waals surface area contributed by atoms with Crippen LogP contribution in [-0.4, -0.2) is 26.8 Å². The van der Waals surface area contributed by atoms with Crippen LogP contribution in [0.15, 0.2) is 47.4 Å². The van der Waals surface area contributed by atoms with Gasteiger partial charge in [0.15, 0.2) is 0 Å². The molecule has 2 aromatic carbocycles. The van der Waals surface area contributed by atoms with E-state index in [4.69, 9.17) is 27.9 Å². The second kappa shape index (κ2) is 6.63. The van der Waals surface area contributed by atoms with Crippen molar-refractivity contribution in [2.75, 3.05) is 18.1 Å². The number of para-hydroxylation sites is 1. The molecule has 0 atom stereocenters. The minimum Gasteiger partial charge on any atom is -0.492 e. The molecule has 1 heterocycles. The van der Waals surface area contributed by atoms with Gasteiger partial charge < -0.3 is 4.74 Å². The molecule has 3 rings (SSSR count). The number of sulfone groups is 1. The lowest BCUT2D eigenvalue weighted by molar-refractivity contribution is 0.262. The molecule has 0 fully saturated rings. The molecule has 0 radical (unpaired) electrons. The van der Waals surface area contributed by atoms with E-state index >= 15 is 0 Å². The number of hydrogen-bond donors (Lipinski definition) is 0. The van der Waals surface area contributed by atoms with E-state index in [2.05, 4.69) is 0 Å². The van der Waals surface area contributed by atoms with Crippen LogP contribution in [0.5, 0.6) is 5.75 Å². The van der Waals surface area contributed by atoms with Crippen LogP contribution in [0.3, 0.4) is 0 Å². The monoisotopic (exact) mass is 385 g/mol. The molecule has 0 bridgehead atoms. The predicted molar refractivity (Wildman–Crippen MR) is 92.9 cm³/mol. The zero-order chi connectivity index (χ0) is 17.3. The number of carbonyl (C=O) groups is 1. The Morgan fingerprint density at radius 3 is 2.58 bits per heavy atom. The molecule has 1 amide bonds. The topological polar surface area (TPSA) is 63.7 Å². The number of ether oxygens (including phenoxy) is 1. The first kappa shape index (κ1) is 17.1. The standard InChI is InChI=1S/C16H13Cl2NO4S/c17-11-6-7-14(12(18)10-11)23-9-3-8-19-13-4-1-2-5-15(13)24(21,22)16(19)20/h1-2,4-7,10H,3,8-9H2. The van der Waals surface area contributed by atoms with Gasteiger partial charge in [0.25, 0.3) is 9.84 Å². The molecule has 0 spiro atoms. The fraction of sp³-hybridized carbons (Fsp3) is 0.188. The molecule has 24 heavy (non-hydrogen) atoms. The Hall–Kier alpha value is -1.76. The van der Waals surface area contributed by atoms with Crippen molar-refractivity contribution in [2.24, 2.45) is 0 Å². The van der Waals surface area contributed by atoms with E-state index in [0.717, 1.165) is 0 Å². The normalized spacial score (nSPS) is 15.4. The number of anilines is 1. The zero-order valence-electron chi connectivity index (χ0n) is 12.4. The van der Waals surface area contributed by atoms with Crippen molar-refractivity contribution in [1.82, 2.24) is 0 Å². The minimum atomic E-state index is -3.92. The van der Waals surface area contributed by atoms with Gasteiger partial charge in [0.1, 0.15) is 10.6 Å². The third-order valence-electron chi connectivity index (χ3n) is 3.57. The average molecular weight is 386 g/mol. The van der Waals surface area contributed by atoms with Crippen molar-refractivity contribution >= 4 is 44.0 Å². The Bertz CT molecular complexity index is 899. The summed E-state index contributed by atoms with van der Waals surface area (Å²) in [6, 6.07) is 11.2. The van der Waals surface area contributed by atoms with Gasteiger partial charge in [0.05, 0.1) is 17.3 Å².